The second-order valence-corrected chi connectivity index (χ2v) is 3.91. The lowest BCUT2D eigenvalue weighted by Gasteiger charge is -2.00. The molecule has 0 bridgehead atoms. The van der Waals surface area contributed by atoms with Gasteiger partial charge in [0.1, 0.15) is 11.2 Å². The van der Waals surface area contributed by atoms with Crippen LogP contribution in [0.1, 0.15) is 11.3 Å². The summed E-state index contributed by atoms with van der Waals surface area (Å²) in [6.45, 7) is 1.02. The van der Waals surface area contributed by atoms with Crippen LogP contribution in [0, 0.1) is 0 Å². The van der Waals surface area contributed by atoms with Crippen molar-refractivity contribution in [3.63, 3.8) is 0 Å². The Morgan fingerprint density at radius 2 is 2.00 bits per heavy atom. The zero-order valence-electron chi connectivity index (χ0n) is 8.02. The summed E-state index contributed by atoms with van der Waals surface area (Å²) < 4.78 is 11.1. The standard InChI is InChI=1S/C11H10BrNO2/c12-11-6-10(15-13-11)8-14-7-9-4-2-1-3-5-9/h1-6H,7-8H2. The van der Waals surface area contributed by atoms with Crippen molar-refractivity contribution >= 4 is 15.9 Å². The van der Waals surface area contributed by atoms with Gasteiger partial charge >= 0.3 is 0 Å². The fourth-order valence-electron chi connectivity index (χ4n) is 1.20. The number of halogens is 1. The second kappa shape index (κ2) is 5.09. The number of aromatic nitrogens is 1. The van der Waals surface area contributed by atoms with Gasteiger partial charge in [0.05, 0.1) is 6.61 Å². The molecule has 1 aromatic heterocycles. The maximum absolute atomic E-state index is 5.46. The molecule has 0 aliphatic carbocycles. The molecule has 0 aliphatic heterocycles. The van der Waals surface area contributed by atoms with E-state index in [9.17, 15) is 0 Å². The Morgan fingerprint density at radius 3 is 2.67 bits per heavy atom. The third kappa shape index (κ3) is 3.18. The highest BCUT2D eigenvalue weighted by Gasteiger charge is 2.01. The SMILES string of the molecule is Brc1cc(COCc2ccccc2)on1. The van der Waals surface area contributed by atoms with E-state index >= 15 is 0 Å². The first-order valence-corrected chi connectivity index (χ1v) is 5.36. The molecule has 0 radical (unpaired) electrons. The Kier molecular flexibility index (Phi) is 3.53. The number of rotatable bonds is 4. The van der Waals surface area contributed by atoms with E-state index in [0.717, 1.165) is 11.3 Å². The first-order chi connectivity index (χ1) is 7.34. The van der Waals surface area contributed by atoms with E-state index in [1.165, 1.54) is 0 Å². The van der Waals surface area contributed by atoms with Gasteiger partial charge in [-0.3, -0.25) is 0 Å². The van der Waals surface area contributed by atoms with Crippen LogP contribution < -0.4 is 0 Å². The Bertz CT molecular complexity index is 414. The maximum Gasteiger partial charge on any atom is 0.163 e. The van der Waals surface area contributed by atoms with Gasteiger partial charge in [0.15, 0.2) is 5.76 Å². The third-order valence-electron chi connectivity index (χ3n) is 1.89. The van der Waals surface area contributed by atoms with E-state index < -0.39 is 0 Å². The lowest BCUT2D eigenvalue weighted by Crippen LogP contribution is -1.92. The van der Waals surface area contributed by atoms with Crippen LogP contribution in [0.2, 0.25) is 0 Å². The molecule has 1 aromatic carbocycles. The van der Waals surface area contributed by atoms with E-state index in [2.05, 4.69) is 21.1 Å². The average molecular weight is 268 g/mol. The molecule has 0 saturated heterocycles. The largest absolute Gasteiger partial charge is 0.369 e. The summed E-state index contributed by atoms with van der Waals surface area (Å²) in [7, 11) is 0. The Morgan fingerprint density at radius 1 is 1.20 bits per heavy atom. The highest BCUT2D eigenvalue weighted by molar-refractivity contribution is 9.10. The monoisotopic (exact) mass is 267 g/mol. The van der Waals surface area contributed by atoms with Crippen LogP contribution in [-0.4, -0.2) is 5.16 Å². The van der Waals surface area contributed by atoms with E-state index in [4.69, 9.17) is 9.26 Å². The normalized spacial score (nSPS) is 10.5. The van der Waals surface area contributed by atoms with Gasteiger partial charge in [0.25, 0.3) is 0 Å². The van der Waals surface area contributed by atoms with E-state index in [-0.39, 0.29) is 0 Å². The topological polar surface area (TPSA) is 35.3 Å². The summed E-state index contributed by atoms with van der Waals surface area (Å²) in [5.74, 6) is 0.720. The van der Waals surface area contributed by atoms with Gasteiger partial charge in [-0.05, 0) is 21.5 Å². The van der Waals surface area contributed by atoms with Crippen molar-refractivity contribution in [1.29, 1.82) is 0 Å². The predicted molar refractivity (Wildman–Crippen MR) is 59.1 cm³/mol. The first-order valence-electron chi connectivity index (χ1n) is 4.57. The number of hydrogen-bond acceptors (Lipinski definition) is 3. The summed E-state index contributed by atoms with van der Waals surface area (Å²) >= 11 is 3.21. The van der Waals surface area contributed by atoms with Crippen molar-refractivity contribution in [2.24, 2.45) is 0 Å². The Hall–Kier alpha value is -1.13. The zero-order chi connectivity index (χ0) is 10.5. The van der Waals surface area contributed by atoms with E-state index in [0.29, 0.717) is 17.8 Å². The Labute approximate surface area is 96.2 Å². The molecule has 0 fully saturated rings. The van der Waals surface area contributed by atoms with Crippen molar-refractivity contribution in [2.45, 2.75) is 13.2 Å². The minimum Gasteiger partial charge on any atom is -0.369 e. The average Bonchev–Trinajstić information content (AvgIpc) is 2.66. The van der Waals surface area contributed by atoms with E-state index in [1.54, 1.807) is 6.07 Å². The number of ether oxygens (including phenoxy) is 1. The van der Waals surface area contributed by atoms with Crippen LogP contribution in [0.4, 0.5) is 0 Å². The van der Waals surface area contributed by atoms with Gasteiger partial charge in [-0.15, -0.1) is 0 Å². The number of hydrogen-bond donors (Lipinski definition) is 0. The molecular weight excluding hydrogens is 258 g/mol. The lowest BCUT2D eigenvalue weighted by molar-refractivity contribution is 0.0883. The van der Waals surface area contributed by atoms with Crippen molar-refractivity contribution < 1.29 is 9.26 Å². The molecule has 15 heavy (non-hydrogen) atoms. The molecule has 0 unspecified atom stereocenters. The molecule has 2 rings (SSSR count). The fourth-order valence-corrected chi connectivity index (χ4v) is 1.53. The molecule has 78 valence electrons. The number of benzene rings is 1. The smallest absolute Gasteiger partial charge is 0.163 e. The van der Waals surface area contributed by atoms with Crippen molar-refractivity contribution in [1.82, 2.24) is 5.16 Å². The van der Waals surface area contributed by atoms with Crippen LogP contribution in [0.5, 0.6) is 0 Å². The first kappa shape index (κ1) is 10.4. The molecule has 0 saturated carbocycles. The van der Waals surface area contributed by atoms with Crippen molar-refractivity contribution in [3.8, 4) is 0 Å². The molecule has 0 spiro atoms. The van der Waals surface area contributed by atoms with Crippen molar-refractivity contribution in [2.75, 3.05) is 0 Å². The minimum atomic E-state index is 0.438. The Balaban J connectivity index is 1.80. The van der Waals surface area contributed by atoms with Crippen LogP contribution >= 0.6 is 15.9 Å². The quantitative estimate of drug-likeness (QED) is 0.854. The molecule has 2 aromatic rings. The van der Waals surface area contributed by atoms with Crippen LogP contribution in [0.25, 0.3) is 0 Å². The molecule has 4 heteroatoms. The summed E-state index contributed by atoms with van der Waals surface area (Å²) in [6.07, 6.45) is 0. The fraction of sp³-hybridized carbons (Fsp3) is 0.182. The van der Waals surface area contributed by atoms with Gasteiger partial charge in [0, 0.05) is 6.07 Å². The summed E-state index contributed by atoms with van der Waals surface area (Å²) in [5.41, 5.74) is 1.15. The predicted octanol–water partition coefficient (Wildman–Crippen LogP) is 3.15. The summed E-state index contributed by atoms with van der Waals surface area (Å²) in [5, 5.41) is 3.70. The third-order valence-corrected chi connectivity index (χ3v) is 2.26. The highest BCUT2D eigenvalue weighted by Crippen LogP contribution is 2.11. The molecule has 0 amide bonds. The summed E-state index contributed by atoms with van der Waals surface area (Å²) in [4.78, 5) is 0. The van der Waals surface area contributed by atoms with Gasteiger partial charge < -0.3 is 9.26 Å². The lowest BCUT2D eigenvalue weighted by atomic mass is 10.2. The van der Waals surface area contributed by atoms with Gasteiger partial charge in [-0.2, -0.15) is 0 Å². The summed E-state index contributed by atoms with van der Waals surface area (Å²) in [6, 6.07) is 11.8. The molecule has 3 nitrogen and oxygen atoms in total. The second-order valence-electron chi connectivity index (χ2n) is 3.09. The highest BCUT2D eigenvalue weighted by atomic mass is 79.9. The van der Waals surface area contributed by atoms with Gasteiger partial charge in [-0.25, -0.2) is 0 Å². The molecule has 0 N–H and O–H groups in total. The van der Waals surface area contributed by atoms with Crippen molar-refractivity contribution in [3.05, 3.63) is 52.3 Å². The van der Waals surface area contributed by atoms with Crippen LogP contribution in [-0.2, 0) is 18.0 Å². The molecule has 0 aliphatic rings. The van der Waals surface area contributed by atoms with Gasteiger partial charge in [0.2, 0.25) is 0 Å². The minimum absolute atomic E-state index is 0.438. The van der Waals surface area contributed by atoms with Crippen LogP contribution in [0.15, 0.2) is 45.5 Å². The molecule has 1 heterocycles. The molecule has 0 atom stereocenters. The number of nitrogens with zero attached hydrogens (tertiary/aromatic N) is 1. The van der Waals surface area contributed by atoms with Gasteiger partial charge in [-0.1, -0.05) is 35.5 Å². The molecular formula is C11H10BrNO2. The van der Waals surface area contributed by atoms with Crippen LogP contribution in [0.3, 0.4) is 0 Å². The zero-order valence-corrected chi connectivity index (χ0v) is 9.61. The maximum atomic E-state index is 5.46. The van der Waals surface area contributed by atoms with E-state index in [1.807, 2.05) is 30.3 Å².